The Morgan fingerprint density at radius 1 is 1.07 bits per heavy atom. The van der Waals surface area contributed by atoms with E-state index in [1.165, 1.54) is 38.5 Å². The second-order valence-corrected chi connectivity index (χ2v) is 11.2. The van der Waals surface area contributed by atoms with Gasteiger partial charge in [0, 0.05) is 0 Å². The van der Waals surface area contributed by atoms with Crippen molar-refractivity contribution in [2.75, 3.05) is 6.61 Å². The number of alkyl carbamates (subject to hydrolysis) is 1. The van der Waals surface area contributed by atoms with Crippen LogP contribution in [0.15, 0.2) is 0 Å². The Morgan fingerprint density at radius 2 is 1.59 bits per heavy atom. The van der Waals surface area contributed by atoms with Gasteiger partial charge in [-0.3, -0.25) is 4.79 Å². The molecule has 0 aromatic carbocycles. The summed E-state index contributed by atoms with van der Waals surface area (Å²) in [7, 11) is 0. The van der Waals surface area contributed by atoms with Crippen molar-refractivity contribution in [2.24, 2.45) is 29.1 Å². The van der Waals surface area contributed by atoms with Gasteiger partial charge in [-0.1, -0.05) is 0 Å². The van der Waals surface area contributed by atoms with E-state index in [0.29, 0.717) is 0 Å². The Hall–Kier alpha value is -1.30. The molecule has 1 amide bonds. The van der Waals surface area contributed by atoms with Crippen LogP contribution in [0.4, 0.5) is 4.79 Å². The van der Waals surface area contributed by atoms with Gasteiger partial charge in [0.15, 0.2) is 0 Å². The normalized spacial score (nSPS) is 33.8. The quantitative estimate of drug-likeness (QED) is 0.611. The molecule has 0 radical (unpaired) electrons. The number of carboxylic acids is 1. The first-order chi connectivity index (χ1) is 13.4. The highest BCUT2D eigenvalue weighted by Gasteiger charge is 2.52. The maximum absolute atomic E-state index is 12.0. The van der Waals surface area contributed by atoms with E-state index in [9.17, 15) is 14.7 Å². The standard InChI is InChI=1S/C23H39NO5/c1-14(24-21(27)29-22(3,4)5)13-28-19(15(2)20(25)26)12-23-9-16-6-17(10-23)8-18(7-16)11-23/h14-19H,6-13H2,1-5H3,(H,24,27)(H,25,26)/t14?,15-,16?,17?,18?,19-,23?/m1/s1. The lowest BCUT2D eigenvalue weighted by atomic mass is 9.48. The van der Waals surface area contributed by atoms with Crippen molar-refractivity contribution >= 4 is 12.1 Å². The molecule has 3 atom stereocenters. The number of carboxylic acid groups (broad SMARTS) is 1. The SMILES string of the molecule is CC(CO[C@H](CC12CC3CC(CC(C3)C1)C2)[C@@H](C)C(=O)O)NC(=O)OC(C)(C)C. The average Bonchev–Trinajstić information content (AvgIpc) is 2.54. The molecule has 166 valence electrons. The first-order valence-electron chi connectivity index (χ1n) is 11.3. The predicted molar refractivity (Wildman–Crippen MR) is 111 cm³/mol. The zero-order valence-corrected chi connectivity index (χ0v) is 18.7. The smallest absolute Gasteiger partial charge is 0.407 e. The molecule has 4 aliphatic rings. The molecule has 0 heterocycles. The summed E-state index contributed by atoms with van der Waals surface area (Å²) in [6.07, 6.45) is 7.83. The molecule has 2 N–H and O–H groups in total. The van der Waals surface area contributed by atoms with Gasteiger partial charge in [-0.05, 0) is 103 Å². The van der Waals surface area contributed by atoms with Crippen molar-refractivity contribution in [1.82, 2.24) is 5.32 Å². The minimum Gasteiger partial charge on any atom is -0.481 e. The van der Waals surface area contributed by atoms with Crippen LogP contribution in [0.25, 0.3) is 0 Å². The maximum Gasteiger partial charge on any atom is 0.407 e. The van der Waals surface area contributed by atoms with E-state index in [4.69, 9.17) is 9.47 Å². The molecule has 4 aliphatic carbocycles. The molecule has 0 aliphatic heterocycles. The fourth-order valence-electron chi connectivity index (χ4n) is 6.32. The summed E-state index contributed by atoms with van der Waals surface area (Å²) in [5, 5.41) is 12.4. The van der Waals surface area contributed by atoms with E-state index in [2.05, 4.69) is 5.32 Å². The molecule has 4 fully saturated rings. The first-order valence-corrected chi connectivity index (χ1v) is 11.3. The van der Waals surface area contributed by atoms with Crippen LogP contribution in [-0.4, -0.2) is 41.5 Å². The molecule has 0 aromatic rings. The van der Waals surface area contributed by atoms with Crippen LogP contribution < -0.4 is 5.32 Å². The van der Waals surface area contributed by atoms with Crippen molar-refractivity contribution in [2.45, 2.75) is 97.3 Å². The van der Waals surface area contributed by atoms with Crippen molar-refractivity contribution in [1.29, 1.82) is 0 Å². The first kappa shape index (κ1) is 22.4. The number of amides is 1. The van der Waals surface area contributed by atoms with Crippen LogP contribution in [0.5, 0.6) is 0 Å². The molecular formula is C23H39NO5. The van der Waals surface area contributed by atoms with Gasteiger partial charge in [-0.25, -0.2) is 4.79 Å². The number of rotatable bonds is 8. The highest BCUT2D eigenvalue weighted by molar-refractivity contribution is 5.70. The van der Waals surface area contributed by atoms with Gasteiger partial charge in [0.05, 0.1) is 24.7 Å². The monoisotopic (exact) mass is 409 g/mol. The Balaban J connectivity index is 1.58. The zero-order chi connectivity index (χ0) is 21.4. The number of nitrogens with one attached hydrogen (secondary N) is 1. The number of aliphatic carboxylic acids is 1. The molecule has 0 saturated heterocycles. The molecule has 0 aromatic heterocycles. The van der Waals surface area contributed by atoms with Gasteiger partial charge < -0.3 is 19.9 Å². The number of hydrogen-bond acceptors (Lipinski definition) is 4. The van der Waals surface area contributed by atoms with E-state index in [1.54, 1.807) is 6.92 Å². The van der Waals surface area contributed by atoms with E-state index >= 15 is 0 Å². The molecule has 4 saturated carbocycles. The van der Waals surface area contributed by atoms with E-state index in [-0.39, 0.29) is 24.2 Å². The summed E-state index contributed by atoms with van der Waals surface area (Å²) in [6.45, 7) is 9.36. The topological polar surface area (TPSA) is 84.9 Å². The third-order valence-electron chi connectivity index (χ3n) is 7.07. The summed E-state index contributed by atoms with van der Waals surface area (Å²) in [4.78, 5) is 23.7. The number of ether oxygens (including phenoxy) is 2. The third kappa shape index (κ3) is 5.87. The Bertz CT molecular complexity index is 576. The zero-order valence-electron chi connectivity index (χ0n) is 18.7. The van der Waals surface area contributed by atoms with Crippen LogP contribution in [-0.2, 0) is 14.3 Å². The van der Waals surface area contributed by atoms with E-state index in [0.717, 1.165) is 24.2 Å². The minimum absolute atomic E-state index is 0.246. The summed E-state index contributed by atoms with van der Waals surface area (Å²) in [5.74, 6) is 1.11. The molecule has 4 bridgehead atoms. The molecule has 0 spiro atoms. The minimum atomic E-state index is -0.813. The van der Waals surface area contributed by atoms with Crippen molar-refractivity contribution in [3.8, 4) is 0 Å². The van der Waals surface area contributed by atoms with Crippen LogP contribution in [0.2, 0.25) is 0 Å². The average molecular weight is 410 g/mol. The molecule has 4 rings (SSSR count). The molecule has 6 heteroatoms. The number of carbonyl (C=O) groups excluding carboxylic acids is 1. The van der Waals surface area contributed by atoms with Crippen molar-refractivity contribution in [3.05, 3.63) is 0 Å². The lowest BCUT2D eigenvalue weighted by Gasteiger charge is -2.57. The second kappa shape index (κ2) is 8.44. The summed E-state index contributed by atoms with van der Waals surface area (Å²) >= 11 is 0. The maximum atomic E-state index is 12.0. The van der Waals surface area contributed by atoms with Gasteiger partial charge in [-0.15, -0.1) is 0 Å². The van der Waals surface area contributed by atoms with Gasteiger partial charge in [0.1, 0.15) is 5.60 Å². The fraction of sp³-hybridized carbons (Fsp3) is 0.913. The Kier molecular flexibility index (Phi) is 6.52. The predicted octanol–water partition coefficient (Wildman–Crippen LogP) is 4.61. The third-order valence-corrected chi connectivity index (χ3v) is 7.07. The number of hydrogen-bond donors (Lipinski definition) is 2. The van der Waals surface area contributed by atoms with Crippen molar-refractivity contribution in [3.63, 3.8) is 0 Å². The molecular weight excluding hydrogens is 370 g/mol. The van der Waals surface area contributed by atoms with Gasteiger partial charge in [0.2, 0.25) is 0 Å². The van der Waals surface area contributed by atoms with Crippen LogP contribution in [0, 0.1) is 29.1 Å². The Morgan fingerprint density at radius 3 is 2.03 bits per heavy atom. The largest absolute Gasteiger partial charge is 0.481 e. The Labute approximate surface area is 175 Å². The summed E-state index contributed by atoms with van der Waals surface area (Å²) < 4.78 is 11.4. The van der Waals surface area contributed by atoms with E-state index in [1.807, 2.05) is 27.7 Å². The molecule has 1 unspecified atom stereocenters. The highest BCUT2D eigenvalue weighted by Crippen LogP contribution is 2.62. The fourth-order valence-corrected chi connectivity index (χ4v) is 6.32. The van der Waals surface area contributed by atoms with Crippen molar-refractivity contribution < 1.29 is 24.2 Å². The molecule has 29 heavy (non-hydrogen) atoms. The van der Waals surface area contributed by atoms with Gasteiger partial charge in [0.25, 0.3) is 0 Å². The van der Waals surface area contributed by atoms with Gasteiger partial charge in [-0.2, -0.15) is 0 Å². The van der Waals surface area contributed by atoms with Crippen LogP contribution in [0.3, 0.4) is 0 Å². The number of carbonyl (C=O) groups is 2. The van der Waals surface area contributed by atoms with Crippen LogP contribution >= 0.6 is 0 Å². The van der Waals surface area contributed by atoms with Crippen LogP contribution in [0.1, 0.15) is 79.6 Å². The molecule has 6 nitrogen and oxygen atoms in total. The van der Waals surface area contributed by atoms with Gasteiger partial charge >= 0.3 is 12.1 Å². The lowest BCUT2D eigenvalue weighted by molar-refractivity contribution is -0.151. The summed E-state index contributed by atoms with van der Waals surface area (Å²) in [5.41, 5.74) is -0.297. The lowest BCUT2D eigenvalue weighted by Crippen LogP contribution is -2.49. The van der Waals surface area contributed by atoms with E-state index < -0.39 is 23.6 Å². The summed E-state index contributed by atoms with van der Waals surface area (Å²) in [6, 6.07) is -0.246. The second-order valence-electron chi connectivity index (χ2n) is 11.2. The highest BCUT2D eigenvalue weighted by atomic mass is 16.6.